The number of aliphatic hydroxyl groups excluding tert-OH is 1. The molecular formula is C16H17F3N2O2S2. The molecule has 0 unspecified atom stereocenters. The van der Waals surface area contributed by atoms with Crippen LogP contribution in [0.5, 0.6) is 0 Å². The number of carbonyl (C=O) groups excluding carboxylic acids is 1. The molecule has 1 aromatic heterocycles. The smallest absolute Gasteiger partial charge is 0.390 e. The topological polar surface area (TPSA) is 62.2 Å². The first kappa shape index (κ1) is 21.3. The Kier molecular flexibility index (Phi) is 8.81. The Bertz CT molecular complexity index is 674. The van der Waals surface area contributed by atoms with Crippen LogP contribution < -0.4 is 5.32 Å². The quantitative estimate of drug-likeness (QED) is 0.516. The molecule has 0 aliphatic heterocycles. The number of thioether (sulfide) groups is 2. The van der Waals surface area contributed by atoms with E-state index in [-0.39, 0.29) is 28.1 Å². The number of amides is 1. The molecule has 1 amide bonds. The third-order valence-electron chi connectivity index (χ3n) is 2.56. The number of pyridine rings is 1. The van der Waals surface area contributed by atoms with E-state index in [0.29, 0.717) is 4.90 Å². The first-order chi connectivity index (χ1) is 11.8. The van der Waals surface area contributed by atoms with Gasteiger partial charge >= 0.3 is 5.51 Å². The van der Waals surface area contributed by atoms with Gasteiger partial charge in [0.2, 0.25) is 0 Å². The Morgan fingerprint density at radius 1 is 1.48 bits per heavy atom. The van der Waals surface area contributed by atoms with E-state index in [4.69, 9.17) is 0 Å². The Morgan fingerprint density at radius 2 is 2.20 bits per heavy atom. The minimum atomic E-state index is -4.50. The molecule has 0 saturated heterocycles. The average Bonchev–Trinajstić information content (AvgIpc) is 2.53. The number of hydrogen-bond donors (Lipinski definition) is 2. The highest BCUT2D eigenvalue weighted by Crippen LogP contribution is 2.37. The van der Waals surface area contributed by atoms with Crippen molar-refractivity contribution in [3.8, 4) is 0 Å². The van der Waals surface area contributed by atoms with Gasteiger partial charge in [0, 0.05) is 21.7 Å². The van der Waals surface area contributed by atoms with Crippen LogP contribution in [-0.4, -0.2) is 33.9 Å². The van der Waals surface area contributed by atoms with E-state index in [1.807, 2.05) is 6.92 Å². The van der Waals surface area contributed by atoms with E-state index in [2.05, 4.69) is 16.9 Å². The van der Waals surface area contributed by atoms with Crippen LogP contribution in [0.1, 0.15) is 17.4 Å². The highest BCUT2D eigenvalue weighted by Gasteiger charge is 2.29. The second kappa shape index (κ2) is 10.3. The highest BCUT2D eigenvalue weighted by molar-refractivity contribution is 8.04. The highest BCUT2D eigenvalue weighted by atomic mass is 32.2. The number of nitrogens with zero attached hydrogens (tertiary/aromatic N) is 1. The van der Waals surface area contributed by atoms with Crippen LogP contribution in [-0.2, 0) is 0 Å². The van der Waals surface area contributed by atoms with Crippen LogP contribution in [0.2, 0.25) is 0 Å². The lowest BCUT2D eigenvalue weighted by Gasteiger charge is -2.11. The van der Waals surface area contributed by atoms with Gasteiger partial charge in [-0.05, 0) is 41.8 Å². The number of hydrogen-bond acceptors (Lipinski definition) is 5. The predicted octanol–water partition coefficient (Wildman–Crippen LogP) is 4.12. The fourth-order valence-electron chi connectivity index (χ4n) is 1.69. The normalized spacial score (nSPS) is 12.8. The van der Waals surface area contributed by atoms with E-state index < -0.39 is 18.0 Å². The number of nitrogens with one attached hydrogen (secondary N) is 1. The SMILES string of the molecule is C=C/C=C(\C=C(/CO)NC(=O)c1ncccc1SCC)SC(F)(F)F. The Morgan fingerprint density at radius 3 is 2.76 bits per heavy atom. The summed E-state index contributed by atoms with van der Waals surface area (Å²) in [6.45, 7) is 4.63. The summed E-state index contributed by atoms with van der Waals surface area (Å²) in [7, 11) is 0. The van der Waals surface area contributed by atoms with E-state index >= 15 is 0 Å². The predicted molar refractivity (Wildman–Crippen MR) is 95.2 cm³/mol. The van der Waals surface area contributed by atoms with Crippen LogP contribution in [0.25, 0.3) is 0 Å². The second-order valence-corrected chi connectivity index (χ2v) is 6.86. The number of rotatable bonds is 8. The molecule has 0 radical (unpaired) electrons. The van der Waals surface area contributed by atoms with Crippen LogP contribution in [0.4, 0.5) is 13.2 Å². The monoisotopic (exact) mass is 390 g/mol. The molecule has 0 saturated carbocycles. The summed E-state index contributed by atoms with van der Waals surface area (Å²) in [6, 6.07) is 3.41. The molecule has 0 aromatic carbocycles. The zero-order valence-corrected chi connectivity index (χ0v) is 15.0. The lowest BCUT2D eigenvalue weighted by atomic mass is 10.3. The summed E-state index contributed by atoms with van der Waals surface area (Å²) in [5, 5.41) is 11.8. The van der Waals surface area contributed by atoms with Crippen molar-refractivity contribution in [2.24, 2.45) is 0 Å². The summed E-state index contributed by atoms with van der Waals surface area (Å²) in [4.78, 5) is 16.8. The van der Waals surface area contributed by atoms with Gasteiger partial charge in [-0.15, -0.1) is 11.8 Å². The number of carbonyl (C=O) groups is 1. The number of aromatic nitrogens is 1. The average molecular weight is 390 g/mol. The molecule has 2 N–H and O–H groups in total. The Balaban J connectivity index is 3.02. The van der Waals surface area contributed by atoms with E-state index in [0.717, 1.165) is 17.9 Å². The molecule has 0 atom stereocenters. The molecule has 0 fully saturated rings. The molecule has 4 nitrogen and oxygen atoms in total. The summed E-state index contributed by atoms with van der Waals surface area (Å²) in [6.07, 6.45) is 4.82. The molecule has 9 heteroatoms. The first-order valence-electron chi connectivity index (χ1n) is 7.09. The van der Waals surface area contributed by atoms with Gasteiger partial charge in [0.25, 0.3) is 5.91 Å². The third kappa shape index (κ3) is 7.80. The van der Waals surface area contributed by atoms with Crippen molar-refractivity contribution in [2.75, 3.05) is 12.4 Å². The summed E-state index contributed by atoms with van der Waals surface area (Å²) in [5.41, 5.74) is -4.43. The van der Waals surface area contributed by atoms with Gasteiger partial charge in [0.1, 0.15) is 5.69 Å². The van der Waals surface area contributed by atoms with Gasteiger partial charge in [-0.2, -0.15) is 13.2 Å². The molecule has 1 aromatic rings. The summed E-state index contributed by atoms with van der Waals surface area (Å²) < 4.78 is 37.6. The zero-order valence-electron chi connectivity index (χ0n) is 13.3. The van der Waals surface area contributed by atoms with Crippen molar-refractivity contribution >= 4 is 29.4 Å². The minimum Gasteiger partial charge on any atom is -0.390 e. The number of halogens is 3. The first-order valence-corrected chi connectivity index (χ1v) is 8.90. The van der Waals surface area contributed by atoms with Gasteiger partial charge < -0.3 is 10.4 Å². The van der Waals surface area contributed by atoms with Gasteiger partial charge in [-0.1, -0.05) is 19.6 Å². The molecule has 0 spiro atoms. The van der Waals surface area contributed by atoms with Crippen LogP contribution in [0.15, 0.2) is 58.6 Å². The lowest BCUT2D eigenvalue weighted by Crippen LogP contribution is -2.26. The molecule has 0 aliphatic carbocycles. The molecule has 1 heterocycles. The molecule has 136 valence electrons. The van der Waals surface area contributed by atoms with Crippen molar-refractivity contribution in [3.05, 3.63) is 59.4 Å². The Hall–Kier alpha value is -1.71. The minimum absolute atomic E-state index is 0.0760. The van der Waals surface area contributed by atoms with E-state index in [1.54, 1.807) is 12.1 Å². The van der Waals surface area contributed by atoms with Crippen molar-refractivity contribution in [3.63, 3.8) is 0 Å². The largest absolute Gasteiger partial charge is 0.446 e. The van der Waals surface area contributed by atoms with Gasteiger partial charge in [0.15, 0.2) is 0 Å². The number of alkyl halides is 3. The van der Waals surface area contributed by atoms with Crippen LogP contribution in [0.3, 0.4) is 0 Å². The molecule has 0 bridgehead atoms. The fraction of sp³-hybridized carbons (Fsp3) is 0.250. The van der Waals surface area contributed by atoms with Crippen LogP contribution >= 0.6 is 23.5 Å². The van der Waals surface area contributed by atoms with Gasteiger partial charge in [-0.3, -0.25) is 4.79 Å². The van der Waals surface area contributed by atoms with Crippen molar-refractivity contribution < 1.29 is 23.1 Å². The van der Waals surface area contributed by atoms with Crippen molar-refractivity contribution in [2.45, 2.75) is 17.3 Å². The van der Waals surface area contributed by atoms with E-state index in [1.165, 1.54) is 24.0 Å². The standard InChI is InChI=1S/C16H17F3N2O2S2/c1-3-6-12(25-16(17,18)19)9-11(10-22)21-15(23)14-13(24-4-2)7-5-8-20-14/h3,5-9,22H,1,4,10H2,2H3,(H,21,23)/b11-9+,12-6+. The van der Waals surface area contributed by atoms with Gasteiger partial charge in [0.05, 0.1) is 6.61 Å². The fourth-order valence-corrected chi connectivity index (χ4v) is 3.09. The van der Waals surface area contributed by atoms with Gasteiger partial charge in [-0.25, -0.2) is 4.98 Å². The summed E-state index contributed by atoms with van der Waals surface area (Å²) in [5.74, 6) is 0.121. The molecule has 1 rings (SSSR count). The van der Waals surface area contributed by atoms with Crippen LogP contribution in [0, 0.1) is 0 Å². The maximum absolute atomic E-state index is 12.5. The maximum atomic E-state index is 12.5. The molecule has 25 heavy (non-hydrogen) atoms. The number of aliphatic hydroxyl groups is 1. The zero-order chi connectivity index (χ0) is 18.9. The van der Waals surface area contributed by atoms with Crippen molar-refractivity contribution in [1.82, 2.24) is 10.3 Å². The Labute approximate surface area is 152 Å². The molecular weight excluding hydrogens is 373 g/mol. The van der Waals surface area contributed by atoms with E-state index in [9.17, 15) is 23.1 Å². The lowest BCUT2D eigenvalue weighted by molar-refractivity contribution is -0.0321. The number of allylic oxidation sites excluding steroid dienone is 3. The third-order valence-corrected chi connectivity index (χ3v) is 4.21. The molecule has 0 aliphatic rings. The summed E-state index contributed by atoms with van der Waals surface area (Å²) >= 11 is 1.05. The maximum Gasteiger partial charge on any atom is 0.446 e. The van der Waals surface area contributed by atoms with Crippen molar-refractivity contribution in [1.29, 1.82) is 0 Å². The second-order valence-electron chi connectivity index (χ2n) is 4.42.